The predicted molar refractivity (Wildman–Crippen MR) is 74.5 cm³/mol. The molecule has 1 aromatic heterocycles. The van der Waals surface area contributed by atoms with Crippen molar-refractivity contribution in [3.63, 3.8) is 0 Å². The Morgan fingerprint density at radius 1 is 1.23 bits per heavy atom. The number of anilines is 1. The summed E-state index contributed by atoms with van der Waals surface area (Å²) in [7, 11) is 0. The molecule has 1 atom stereocenters. The highest BCUT2D eigenvalue weighted by atomic mass is 19.4. The molecule has 4 nitrogen and oxygen atoms in total. The van der Waals surface area contributed by atoms with E-state index < -0.39 is 11.6 Å². The van der Waals surface area contributed by atoms with Gasteiger partial charge in [0.15, 0.2) is 0 Å². The molecule has 1 fully saturated rings. The third-order valence-corrected chi connectivity index (χ3v) is 4.08. The fourth-order valence-electron chi connectivity index (χ4n) is 2.57. The van der Waals surface area contributed by atoms with Gasteiger partial charge in [-0.05, 0) is 18.9 Å². The summed E-state index contributed by atoms with van der Waals surface area (Å²) in [5, 5.41) is 7.81. The van der Waals surface area contributed by atoms with Crippen molar-refractivity contribution in [2.24, 2.45) is 5.41 Å². The average Bonchev–Trinajstić information content (AvgIpc) is 3.07. The van der Waals surface area contributed by atoms with E-state index in [1.807, 2.05) is 30.3 Å². The Morgan fingerprint density at radius 3 is 2.59 bits per heavy atom. The number of nitrogens with zero attached hydrogens (tertiary/aromatic N) is 3. The topological polar surface area (TPSA) is 42.2 Å². The van der Waals surface area contributed by atoms with Gasteiger partial charge in [0.1, 0.15) is 0 Å². The molecular weight excluding hydrogens is 295 g/mol. The maximum absolute atomic E-state index is 13.0. The van der Waals surface area contributed by atoms with Gasteiger partial charge < -0.3 is 9.32 Å². The van der Waals surface area contributed by atoms with Crippen LogP contribution in [-0.2, 0) is 6.42 Å². The van der Waals surface area contributed by atoms with E-state index in [0.29, 0.717) is 12.3 Å². The van der Waals surface area contributed by atoms with Gasteiger partial charge in [-0.2, -0.15) is 13.2 Å². The second-order valence-electron chi connectivity index (χ2n) is 5.87. The van der Waals surface area contributed by atoms with Crippen molar-refractivity contribution in [2.75, 3.05) is 18.0 Å². The Morgan fingerprint density at radius 2 is 1.95 bits per heavy atom. The van der Waals surface area contributed by atoms with Crippen molar-refractivity contribution >= 4 is 6.01 Å². The Hall–Kier alpha value is -2.05. The number of benzene rings is 1. The lowest BCUT2D eigenvalue weighted by Crippen LogP contribution is -2.38. The summed E-state index contributed by atoms with van der Waals surface area (Å²) in [6.07, 6.45) is -3.72. The third-order valence-electron chi connectivity index (χ3n) is 4.08. The van der Waals surface area contributed by atoms with Gasteiger partial charge >= 0.3 is 12.2 Å². The molecule has 7 heteroatoms. The summed E-state index contributed by atoms with van der Waals surface area (Å²) in [4.78, 5) is 1.51. The fraction of sp³-hybridized carbons (Fsp3) is 0.467. The number of hydrogen-bond acceptors (Lipinski definition) is 4. The SMILES string of the molecule is CC1(C(F)(F)F)CCN(c2nnc(Cc3ccccc3)o2)C1. The minimum atomic E-state index is -4.23. The Bertz CT molecular complexity index is 641. The van der Waals surface area contributed by atoms with Gasteiger partial charge in [-0.25, -0.2) is 0 Å². The standard InChI is InChI=1S/C15H16F3N3O/c1-14(15(16,17)18)7-8-21(10-14)13-20-19-12(22-13)9-11-5-3-2-4-6-11/h2-6H,7-10H2,1H3. The van der Waals surface area contributed by atoms with Gasteiger partial charge in [0.05, 0.1) is 11.8 Å². The summed E-state index contributed by atoms with van der Waals surface area (Å²) in [6.45, 7) is 1.35. The van der Waals surface area contributed by atoms with Gasteiger partial charge in [-0.3, -0.25) is 0 Å². The van der Waals surface area contributed by atoms with Crippen molar-refractivity contribution in [3.05, 3.63) is 41.8 Å². The van der Waals surface area contributed by atoms with Crippen LogP contribution in [0.2, 0.25) is 0 Å². The molecule has 1 aliphatic heterocycles. The largest absolute Gasteiger partial charge is 0.408 e. The number of hydrogen-bond donors (Lipinski definition) is 0. The average molecular weight is 311 g/mol. The summed E-state index contributed by atoms with van der Waals surface area (Å²) < 4.78 is 44.6. The minimum absolute atomic E-state index is 0.0346. The molecule has 0 bridgehead atoms. The number of aromatic nitrogens is 2. The van der Waals surface area contributed by atoms with E-state index in [9.17, 15) is 13.2 Å². The molecule has 22 heavy (non-hydrogen) atoms. The van der Waals surface area contributed by atoms with E-state index in [4.69, 9.17) is 4.42 Å². The molecular formula is C15H16F3N3O. The summed E-state index contributed by atoms with van der Waals surface area (Å²) >= 11 is 0. The van der Waals surface area contributed by atoms with Crippen molar-refractivity contribution < 1.29 is 17.6 Å². The molecule has 0 radical (unpaired) electrons. The predicted octanol–water partition coefficient (Wildman–Crippen LogP) is 3.44. The van der Waals surface area contributed by atoms with Crippen molar-refractivity contribution in [1.82, 2.24) is 10.2 Å². The first-order chi connectivity index (χ1) is 10.4. The molecule has 3 rings (SSSR count). The first-order valence-corrected chi connectivity index (χ1v) is 7.05. The van der Waals surface area contributed by atoms with Gasteiger partial charge in [0, 0.05) is 13.1 Å². The normalized spacial score (nSPS) is 22.3. The second kappa shape index (κ2) is 5.30. The molecule has 2 heterocycles. The fourth-order valence-corrected chi connectivity index (χ4v) is 2.57. The Labute approximate surface area is 125 Å². The molecule has 118 valence electrons. The van der Waals surface area contributed by atoms with Gasteiger partial charge in [0.25, 0.3) is 0 Å². The van der Waals surface area contributed by atoms with E-state index in [2.05, 4.69) is 10.2 Å². The highest BCUT2D eigenvalue weighted by Crippen LogP contribution is 2.45. The van der Waals surface area contributed by atoms with Gasteiger partial charge in [0.2, 0.25) is 5.89 Å². The van der Waals surface area contributed by atoms with Crippen LogP contribution in [0.5, 0.6) is 0 Å². The summed E-state index contributed by atoms with van der Waals surface area (Å²) in [5.41, 5.74) is -0.708. The zero-order valence-corrected chi connectivity index (χ0v) is 12.1. The lowest BCUT2D eigenvalue weighted by Gasteiger charge is -2.26. The Balaban J connectivity index is 1.70. The lowest BCUT2D eigenvalue weighted by molar-refractivity contribution is -0.209. The highest BCUT2D eigenvalue weighted by molar-refractivity contribution is 5.29. The molecule has 0 spiro atoms. The lowest BCUT2D eigenvalue weighted by atomic mass is 9.89. The highest BCUT2D eigenvalue weighted by Gasteiger charge is 2.55. The van der Waals surface area contributed by atoms with E-state index >= 15 is 0 Å². The number of alkyl halides is 3. The van der Waals surface area contributed by atoms with Crippen LogP contribution in [0.25, 0.3) is 0 Å². The first kappa shape index (κ1) is 14.9. The van der Waals surface area contributed by atoms with Crippen LogP contribution in [0, 0.1) is 5.41 Å². The minimum Gasteiger partial charge on any atom is -0.408 e. The molecule has 1 saturated heterocycles. The Kier molecular flexibility index (Phi) is 3.58. The van der Waals surface area contributed by atoms with Crippen LogP contribution in [-0.4, -0.2) is 29.5 Å². The smallest absolute Gasteiger partial charge is 0.395 e. The number of rotatable bonds is 3. The monoisotopic (exact) mass is 311 g/mol. The molecule has 2 aromatic rings. The van der Waals surface area contributed by atoms with Crippen LogP contribution in [0.15, 0.2) is 34.7 Å². The van der Waals surface area contributed by atoms with Crippen LogP contribution < -0.4 is 4.90 Å². The molecule has 1 unspecified atom stereocenters. The molecule has 0 amide bonds. The van der Waals surface area contributed by atoms with E-state index in [1.54, 1.807) is 0 Å². The maximum atomic E-state index is 13.0. The van der Waals surface area contributed by atoms with Crippen LogP contribution >= 0.6 is 0 Å². The maximum Gasteiger partial charge on any atom is 0.395 e. The zero-order valence-electron chi connectivity index (χ0n) is 12.1. The van der Waals surface area contributed by atoms with Gasteiger partial charge in [-0.1, -0.05) is 35.4 Å². The van der Waals surface area contributed by atoms with Crippen LogP contribution in [0.1, 0.15) is 24.8 Å². The van der Waals surface area contributed by atoms with Gasteiger partial charge in [-0.15, -0.1) is 5.10 Å². The second-order valence-corrected chi connectivity index (χ2v) is 5.87. The quantitative estimate of drug-likeness (QED) is 0.871. The van der Waals surface area contributed by atoms with E-state index in [-0.39, 0.29) is 25.5 Å². The molecule has 1 aliphatic rings. The molecule has 0 saturated carbocycles. The summed E-state index contributed by atoms with van der Waals surface area (Å²) in [6, 6.07) is 9.74. The zero-order chi connectivity index (χ0) is 15.8. The molecule has 0 aliphatic carbocycles. The van der Waals surface area contributed by atoms with E-state index in [1.165, 1.54) is 11.8 Å². The summed E-state index contributed by atoms with van der Waals surface area (Å²) in [5.74, 6) is 0.404. The van der Waals surface area contributed by atoms with Crippen molar-refractivity contribution in [2.45, 2.75) is 25.9 Å². The third kappa shape index (κ3) is 2.80. The first-order valence-electron chi connectivity index (χ1n) is 7.05. The number of halogens is 3. The van der Waals surface area contributed by atoms with Crippen LogP contribution in [0.4, 0.5) is 19.2 Å². The van der Waals surface area contributed by atoms with Crippen LogP contribution in [0.3, 0.4) is 0 Å². The van der Waals surface area contributed by atoms with E-state index in [0.717, 1.165) is 5.56 Å². The molecule has 0 N–H and O–H groups in total. The van der Waals surface area contributed by atoms with Crippen molar-refractivity contribution in [1.29, 1.82) is 0 Å². The molecule has 1 aromatic carbocycles. The van der Waals surface area contributed by atoms with Crippen molar-refractivity contribution in [3.8, 4) is 0 Å².